The molecular weight excluding hydrogens is 206 g/mol. The Kier molecular flexibility index (Phi) is 4.76. The van der Waals surface area contributed by atoms with Crippen LogP contribution < -0.4 is 5.32 Å². The molecule has 1 rings (SSSR count). The highest BCUT2D eigenvalue weighted by Gasteiger charge is 2.33. The van der Waals surface area contributed by atoms with Gasteiger partial charge in [0, 0.05) is 12.1 Å². The maximum absolute atomic E-state index is 11.4. The molecule has 16 heavy (non-hydrogen) atoms. The summed E-state index contributed by atoms with van der Waals surface area (Å²) in [7, 11) is 0. The summed E-state index contributed by atoms with van der Waals surface area (Å²) < 4.78 is 0. The standard InChI is InChI=1S/C12H17NO3/c1-2-3-4-5-11(14)13-10(8-12(15)16)9-6-7-9/h2-5,9-10H,6-8H2,1H3,(H,13,14)(H,15,16)/b3-2+,5-4?. The quantitative estimate of drug-likeness (QED) is 0.529. The molecule has 1 fully saturated rings. The van der Waals surface area contributed by atoms with E-state index in [1.165, 1.54) is 6.08 Å². The second kappa shape index (κ2) is 6.10. The summed E-state index contributed by atoms with van der Waals surface area (Å²) >= 11 is 0. The van der Waals surface area contributed by atoms with Gasteiger partial charge in [-0.3, -0.25) is 9.59 Å². The van der Waals surface area contributed by atoms with Gasteiger partial charge in [0.05, 0.1) is 6.42 Å². The van der Waals surface area contributed by atoms with Gasteiger partial charge in [-0.05, 0) is 25.7 Å². The lowest BCUT2D eigenvalue weighted by Crippen LogP contribution is -2.37. The Hall–Kier alpha value is -1.58. The summed E-state index contributed by atoms with van der Waals surface area (Å²) in [6.07, 6.45) is 8.65. The van der Waals surface area contributed by atoms with Crippen molar-refractivity contribution in [3.8, 4) is 0 Å². The van der Waals surface area contributed by atoms with Gasteiger partial charge < -0.3 is 10.4 Å². The number of hydrogen-bond donors (Lipinski definition) is 2. The first-order valence-electron chi connectivity index (χ1n) is 5.45. The number of aliphatic carboxylic acids is 1. The predicted octanol–water partition coefficient (Wildman–Crippen LogP) is 1.49. The molecule has 1 unspecified atom stereocenters. The third-order valence-corrected chi connectivity index (χ3v) is 2.46. The summed E-state index contributed by atoms with van der Waals surface area (Å²) in [6, 6.07) is -0.222. The largest absolute Gasteiger partial charge is 0.481 e. The van der Waals surface area contributed by atoms with Crippen LogP contribution in [-0.4, -0.2) is 23.0 Å². The molecule has 1 saturated carbocycles. The van der Waals surface area contributed by atoms with Crippen molar-refractivity contribution < 1.29 is 14.7 Å². The number of amides is 1. The Balaban J connectivity index is 2.41. The zero-order valence-electron chi connectivity index (χ0n) is 9.35. The van der Waals surface area contributed by atoms with Gasteiger partial charge in [-0.1, -0.05) is 18.2 Å². The number of rotatable bonds is 6. The molecule has 0 aromatic rings. The minimum absolute atomic E-state index is 0.00780. The summed E-state index contributed by atoms with van der Waals surface area (Å²) in [6.45, 7) is 1.86. The zero-order valence-corrected chi connectivity index (χ0v) is 9.35. The van der Waals surface area contributed by atoms with Gasteiger partial charge in [0.25, 0.3) is 0 Å². The van der Waals surface area contributed by atoms with Gasteiger partial charge in [-0.25, -0.2) is 0 Å². The summed E-state index contributed by atoms with van der Waals surface area (Å²) in [5.74, 6) is -0.749. The molecule has 0 aromatic heterocycles. The van der Waals surface area contributed by atoms with Crippen LogP contribution in [0, 0.1) is 5.92 Å². The average Bonchev–Trinajstić information content (AvgIpc) is 2.99. The first-order valence-corrected chi connectivity index (χ1v) is 5.45. The van der Waals surface area contributed by atoms with Crippen molar-refractivity contribution in [2.75, 3.05) is 0 Å². The molecule has 1 aliphatic rings. The molecule has 0 aliphatic heterocycles. The molecule has 88 valence electrons. The fourth-order valence-corrected chi connectivity index (χ4v) is 1.51. The van der Waals surface area contributed by atoms with Crippen LogP contribution in [0.5, 0.6) is 0 Å². The number of carbonyl (C=O) groups excluding carboxylic acids is 1. The molecule has 1 atom stereocenters. The van der Waals surface area contributed by atoms with Crippen molar-refractivity contribution in [1.82, 2.24) is 5.32 Å². The van der Waals surface area contributed by atoms with E-state index in [0.717, 1.165) is 12.8 Å². The van der Waals surface area contributed by atoms with Gasteiger partial charge >= 0.3 is 5.97 Å². The van der Waals surface area contributed by atoms with Crippen LogP contribution in [0.4, 0.5) is 0 Å². The molecule has 2 N–H and O–H groups in total. The van der Waals surface area contributed by atoms with Crippen LogP contribution in [0.25, 0.3) is 0 Å². The first-order chi connectivity index (χ1) is 7.63. The van der Waals surface area contributed by atoms with E-state index in [1.807, 2.05) is 13.0 Å². The van der Waals surface area contributed by atoms with E-state index in [4.69, 9.17) is 5.11 Å². The third-order valence-electron chi connectivity index (χ3n) is 2.46. The lowest BCUT2D eigenvalue weighted by molar-refractivity contribution is -0.137. The number of carboxylic acids is 1. The number of carbonyl (C=O) groups is 2. The molecular formula is C12H17NO3. The fraction of sp³-hybridized carbons (Fsp3) is 0.500. The van der Waals surface area contributed by atoms with E-state index >= 15 is 0 Å². The van der Waals surface area contributed by atoms with Crippen LogP contribution in [-0.2, 0) is 9.59 Å². The van der Waals surface area contributed by atoms with E-state index < -0.39 is 5.97 Å². The van der Waals surface area contributed by atoms with E-state index in [9.17, 15) is 9.59 Å². The average molecular weight is 223 g/mol. The number of carboxylic acid groups (broad SMARTS) is 1. The monoisotopic (exact) mass is 223 g/mol. The molecule has 4 heteroatoms. The van der Waals surface area contributed by atoms with Crippen molar-refractivity contribution in [3.63, 3.8) is 0 Å². The maximum Gasteiger partial charge on any atom is 0.305 e. The van der Waals surface area contributed by atoms with E-state index in [0.29, 0.717) is 5.92 Å². The Morgan fingerprint density at radius 2 is 2.12 bits per heavy atom. The lowest BCUT2D eigenvalue weighted by atomic mass is 10.1. The first kappa shape index (κ1) is 12.5. The van der Waals surface area contributed by atoms with Gasteiger partial charge in [0.15, 0.2) is 0 Å². The molecule has 1 aliphatic carbocycles. The highest BCUT2D eigenvalue weighted by Crippen LogP contribution is 2.33. The van der Waals surface area contributed by atoms with Crippen molar-refractivity contribution in [1.29, 1.82) is 0 Å². The van der Waals surface area contributed by atoms with Crippen LogP contribution in [0.1, 0.15) is 26.2 Å². The van der Waals surface area contributed by atoms with Crippen LogP contribution in [0.3, 0.4) is 0 Å². The molecule has 0 heterocycles. The highest BCUT2D eigenvalue weighted by molar-refractivity contribution is 5.88. The number of nitrogens with one attached hydrogen (secondary N) is 1. The van der Waals surface area contributed by atoms with E-state index in [2.05, 4.69) is 5.32 Å². The van der Waals surface area contributed by atoms with Crippen LogP contribution >= 0.6 is 0 Å². The Bertz CT molecular complexity index is 316. The van der Waals surface area contributed by atoms with Crippen molar-refractivity contribution >= 4 is 11.9 Å². The number of hydrogen-bond acceptors (Lipinski definition) is 2. The molecule has 0 radical (unpaired) electrons. The summed E-state index contributed by atoms with van der Waals surface area (Å²) in [5.41, 5.74) is 0. The van der Waals surface area contributed by atoms with Gasteiger partial charge in [0.1, 0.15) is 0 Å². The Morgan fingerprint density at radius 1 is 1.44 bits per heavy atom. The van der Waals surface area contributed by atoms with Crippen molar-refractivity contribution in [3.05, 3.63) is 24.3 Å². The highest BCUT2D eigenvalue weighted by atomic mass is 16.4. The van der Waals surface area contributed by atoms with Gasteiger partial charge in [-0.15, -0.1) is 0 Å². The second-order valence-corrected chi connectivity index (χ2v) is 3.94. The molecule has 0 bridgehead atoms. The predicted molar refractivity (Wildman–Crippen MR) is 60.9 cm³/mol. The molecule has 0 spiro atoms. The molecule has 4 nitrogen and oxygen atoms in total. The van der Waals surface area contributed by atoms with Crippen molar-refractivity contribution in [2.24, 2.45) is 5.92 Å². The van der Waals surface area contributed by atoms with Gasteiger partial charge in [-0.2, -0.15) is 0 Å². The second-order valence-electron chi connectivity index (χ2n) is 3.94. The Morgan fingerprint density at radius 3 is 2.62 bits per heavy atom. The SMILES string of the molecule is C/C=C/C=CC(=O)NC(CC(=O)O)C1CC1. The normalized spacial score (nSPS) is 17.8. The minimum atomic E-state index is -0.866. The lowest BCUT2D eigenvalue weighted by Gasteiger charge is -2.14. The van der Waals surface area contributed by atoms with E-state index in [1.54, 1.807) is 12.2 Å². The smallest absolute Gasteiger partial charge is 0.305 e. The topological polar surface area (TPSA) is 66.4 Å². The Labute approximate surface area is 95.0 Å². The molecule has 0 saturated heterocycles. The van der Waals surface area contributed by atoms with Crippen LogP contribution in [0.15, 0.2) is 24.3 Å². The molecule has 0 aromatic carbocycles. The molecule has 1 amide bonds. The third kappa shape index (κ3) is 4.77. The fourth-order valence-electron chi connectivity index (χ4n) is 1.51. The summed E-state index contributed by atoms with van der Waals surface area (Å²) in [5, 5.41) is 11.4. The van der Waals surface area contributed by atoms with E-state index in [-0.39, 0.29) is 18.4 Å². The maximum atomic E-state index is 11.4. The zero-order chi connectivity index (χ0) is 12.0. The summed E-state index contributed by atoms with van der Waals surface area (Å²) in [4.78, 5) is 22.0. The minimum Gasteiger partial charge on any atom is -0.481 e. The van der Waals surface area contributed by atoms with Gasteiger partial charge in [0.2, 0.25) is 5.91 Å². The number of allylic oxidation sites excluding steroid dienone is 3. The van der Waals surface area contributed by atoms with Crippen LogP contribution in [0.2, 0.25) is 0 Å². The van der Waals surface area contributed by atoms with Crippen molar-refractivity contribution in [2.45, 2.75) is 32.2 Å².